The van der Waals surface area contributed by atoms with Crippen LogP contribution in [0.1, 0.15) is 51.5 Å². The third kappa shape index (κ3) is 5.32. The van der Waals surface area contributed by atoms with Gasteiger partial charge in [-0.15, -0.1) is 0 Å². The fourth-order valence-corrected chi connectivity index (χ4v) is 5.55. The van der Waals surface area contributed by atoms with Crippen LogP contribution in [-0.4, -0.2) is 37.0 Å². The number of carbonyl (C=O) groups is 1. The van der Waals surface area contributed by atoms with Gasteiger partial charge in [-0.05, 0) is 73.1 Å². The highest BCUT2D eigenvalue weighted by Crippen LogP contribution is 2.42. The molecular weight excluding hydrogens is 403 g/mol. The van der Waals surface area contributed by atoms with Gasteiger partial charge in [0, 0.05) is 25.3 Å². The number of hydrogen-bond donors (Lipinski definition) is 1. The van der Waals surface area contributed by atoms with Crippen LogP contribution in [0.2, 0.25) is 0 Å². The first-order chi connectivity index (χ1) is 15.4. The van der Waals surface area contributed by atoms with Gasteiger partial charge >= 0.3 is 0 Å². The molecule has 32 heavy (non-hydrogen) atoms. The van der Waals surface area contributed by atoms with E-state index in [1.807, 2.05) is 24.3 Å². The van der Waals surface area contributed by atoms with E-state index in [9.17, 15) is 9.18 Å². The normalized spacial score (nSPS) is 23.1. The highest BCUT2D eigenvalue weighted by molar-refractivity contribution is 5.99. The fraction of sp³-hybridized carbons (Fsp3) is 0.519. The van der Waals surface area contributed by atoms with Crippen molar-refractivity contribution in [3.63, 3.8) is 0 Å². The molecule has 1 saturated heterocycles. The smallest absolute Gasteiger partial charge is 0.235 e. The number of amides is 1. The zero-order chi connectivity index (χ0) is 22.6. The van der Waals surface area contributed by atoms with E-state index in [0.717, 1.165) is 74.2 Å². The molecule has 172 valence electrons. The van der Waals surface area contributed by atoms with Crippen LogP contribution < -0.4 is 10.1 Å². The number of halogens is 1. The summed E-state index contributed by atoms with van der Waals surface area (Å²) in [6.45, 7) is 8.54. The predicted octanol–water partition coefficient (Wildman–Crippen LogP) is 5.63. The first kappa shape index (κ1) is 22.8. The number of carbonyl (C=O) groups excluding carboxylic acids is 1. The molecule has 2 aromatic rings. The summed E-state index contributed by atoms with van der Waals surface area (Å²) in [5, 5.41) is 3.09. The van der Waals surface area contributed by atoms with E-state index in [4.69, 9.17) is 4.74 Å². The molecule has 0 spiro atoms. The maximum atomic E-state index is 13.4. The summed E-state index contributed by atoms with van der Waals surface area (Å²) in [5.41, 5.74) is 1.08. The van der Waals surface area contributed by atoms with Gasteiger partial charge in [-0.25, -0.2) is 4.39 Å². The molecule has 4 rings (SSSR count). The number of ether oxygens (including phenoxy) is 1. The minimum absolute atomic E-state index is 0.0105. The van der Waals surface area contributed by atoms with Crippen LogP contribution in [0.3, 0.4) is 0 Å². The average molecular weight is 439 g/mol. The van der Waals surface area contributed by atoms with Gasteiger partial charge in [0.25, 0.3) is 0 Å². The maximum Gasteiger partial charge on any atom is 0.235 e. The Hall–Kier alpha value is -2.40. The SMILES string of the molecule is C[C@H]1C[C@H](C)CN(CCOc2ccc(NC(=O)C3(c4ccc(F)cc4)CCCC3)cc2)C1. The second-order valence-corrected chi connectivity index (χ2v) is 9.83. The van der Waals surface area contributed by atoms with Crippen molar-refractivity contribution < 1.29 is 13.9 Å². The molecule has 1 aliphatic carbocycles. The van der Waals surface area contributed by atoms with Crippen LogP contribution >= 0.6 is 0 Å². The van der Waals surface area contributed by atoms with Crippen molar-refractivity contribution in [3.05, 3.63) is 59.9 Å². The van der Waals surface area contributed by atoms with Crippen molar-refractivity contribution in [1.82, 2.24) is 4.90 Å². The van der Waals surface area contributed by atoms with Crippen LogP contribution in [0.5, 0.6) is 5.75 Å². The van der Waals surface area contributed by atoms with Gasteiger partial charge in [-0.3, -0.25) is 9.69 Å². The van der Waals surface area contributed by atoms with Crippen LogP contribution in [-0.2, 0) is 10.2 Å². The number of benzene rings is 2. The van der Waals surface area contributed by atoms with Gasteiger partial charge in [-0.1, -0.05) is 38.8 Å². The third-order valence-corrected chi connectivity index (χ3v) is 7.02. The molecule has 2 fully saturated rings. The Morgan fingerprint density at radius 1 is 1.03 bits per heavy atom. The monoisotopic (exact) mass is 438 g/mol. The van der Waals surface area contributed by atoms with Gasteiger partial charge in [0.2, 0.25) is 5.91 Å². The van der Waals surface area contributed by atoms with Gasteiger partial charge in [-0.2, -0.15) is 0 Å². The van der Waals surface area contributed by atoms with E-state index in [-0.39, 0.29) is 11.7 Å². The number of likely N-dealkylation sites (tertiary alicyclic amines) is 1. The molecule has 1 aliphatic heterocycles. The number of nitrogens with one attached hydrogen (secondary N) is 1. The van der Waals surface area contributed by atoms with Crippen molar-refractivity contribution in [3.8, 4) is 5.75 Å². The Balaban J connectivity index is 1.32. The molecule has 0 aromatic heterocycles. The van der Waals surface area contributed by atoms with Gasteiger partial charge in [0.15, 0.2) is 0 Å². The topological polar surface area (TPSA) is 41.6 Å². The van der Waals surface area contributed by atoms with Crippen molar-refractivity contribution in [2.24, 2.45) is 11.8 Å². The van der Waals surface area contributed by atoms with Gasteiger partial charge in [0.1, 0.15) is 18.2 Å². The second kappa shape index (κ2) is 10.0. The molecule has 0 unspecified atom stereocenters. The summed E-state index contributed by atoms with van der Waals surface area (Å²) < 4.78 is 19.3. The molecule has 0 radical (unpaired) electrons. The van der Waals surface area contributed by atoms with E-state index in [1.165, 1.54) is 18.6 Å². The van der Waals surface area contributed by atoms with Crippen molar-refractivity contribution in [2.75, 3.05) is 31.6 Å². The average Bonchev–Trinajstić information content (AvgIpc) is 3.26. The Kier molecular flexibility index (Phi) is 7.14. The lowest BCUT2D eigenvalue weighted by Crippen LogP contribution is -2.40. The molecule has 1 saturated carbocycles. The van der Waals surface area contributed by atoms with Gasteiger partial charge in [0.05, 0.1) is 5.41 Å². The number of hydrogen-bond acceptors (Lipinski definition) is 3. The van der Waals surface area contributed by atoms with E-state index in [1.54, 1.807) is 12.1 Å². The molecule has 2 aromatic carbocycles. The third-order valence-electron chi connectivity index (χ3n) is 7.02. The van der Waals surface area contributed by atoms with E-state index >= 15 is 0 Å². The largest absolute Gasteiger partial charge is 0.492 e. The Morgan fingerprint density at radius 2 is 1.66 bits per heavy atom. The predicted molar refractivity (Wildman–Crippen MR) is 126 cm³/mol. The van der Waals surface area contributed by atoms with Crippen molar-refractivity contribution in [1.29, 1.82) is 0 Å². The molecule has 4 nitrogen and oxygen atoms in total. The molecule has 1 N–H and O–H groups in total. The molecule has 1 heterocycles. The summed E-state index contributed by atoms with van der Waals surface area (Å²) in [6.07, 6.45) is 4.91. The lowest BCUT2D eigenvalue weighted by Gasteiger charge is -2.34. The first-order valence-electron chi connectivity index (χ1n) is 12.0. The van der Waals surface area contributed by atoms with Crippen LogP contribution in [0.25, 0.3) is 0 Å². The molecule has 1 amide bonds. The summed E-state index contributed by atoms with van der Waals surface area (Å²) in [4.78, 5) is 15.8. The fourth-order valence-electron chi connectivity index (χ4n) is 5.55. The molecule has 0 bridgehead atoms. The van der Waals surface area contributed by atoms with Crippen LogP contribution in [0.15, 0.2) is 48.5 Å². The molecule has 2 aliphatic rings. The Labute approximate surface area is 191 Å². The van der Waals surface area contributed by atoms with E-state index in [0.29, 0.717) is 6.61 Å². The Morgan fingerprint density at radius 3 is 2.28 bits per heavy atom. The summed E-state index contributed by atoms with van der Waals surface area (Å²) in [5.74, 6) is 2.03. The lowest BCUT2D eigenvalue weighted by molar-refractivity contribution is -0.121. The quantitative estimate of drug-likeness (QED) is 0.609. The summed E-state index contributed by atoms with van der Waals surface area (Å²) >= 11 is 0. The summed E-state index contributed by atoms with van der Waals surface area (Å²) in [6, 6.07) is 14.0. The lowest BCUT2D eigenvalue weighted by atomic mass is 9.78. The molecule has 5 heteroatoms. The zero-order valence-corrected chi connectivity index (χ0v) is 19.3. The van der Waals surface area contributed by atoms with Crippen molar-refractivity contribution in [2.45, 2.75) is 51.4 Å². The highest BCUT2D eigenvalue weighted by Gasteiger charge is 2.42. The van der Waals surface area contributed by atoms with Crippen LogP contribution in [0, 0.1) is 17.7 Å². The number of rotatable bonds is 7. The summed E-state index contributed by atoms with van der Waals surface area (Å²) in [7, 11) is 0. The zero-order valence-electron chi connectivity index (χ0n) is 19.3. The van der Waals surface area contributed by atoms with E-state index in [2.05, 4.69) is 24.1 Å². The minimum Gasteiger partial charge on any atom is -0.492 e. The highest BCUT2D eigenvalue weighted by atomic mass is 19.1. The number of piperidine rings is 1. The van der Waals surface area contributed by atoms with Gasteiger partial charge < -0.3 is 10.1 Å². The van der Waals surface area contributed by atoms with Crippen LogP contribution in [0.4, 0.5) is 10.1 Å². The molecular formula is C27H35FN2O2. The van der Waals surface area contributed by atoms with Crippen molar-refractivity contribution >= 4 is 11.6 Å². The number of anilines is 1. The second-order valence-electron chi connectivity index (χ2n) is 9.83. The Bertz CT molecular complexity index is 881. The minimum atomic E-state index is -0.578. The molecule has 2 atom stereocenters. The van der Waals surface area contributed by atoms with E-state index < -0.39 is 5.41 Å². The standard InChI is InChI=1S/C27H35FN2O2/c1-20-17-21(2)19-30(18-20)15-16-32-25-11-9-24(10-12-25)29-26(31)27(13-3-4-14-27)22-5-7-23(28)8-6-22/h5-12,20-21H,3-4,13-19H2,1-2H3,(H,29,31)/t20-,21-/m0/s1. The number of nitrogens with zero attached hydrogens (tertiary/aromatic N) is 1. The first-order valence-corrected chi connectivity index (χ1v) is 12.0. The maximum absolute atomic E-state index is 13.4.